The summed E-state index contributed by atoms with van der Waals surface area (Å²) in [5.74, 6) is -0.947. The Bertz CT molecular complexity index is 1180. The average molecular weight is 455 g/mol. The maximum absolute atomic E-state index is 12.5. The number of hydrogen-bond acceptors (Lipinski definition) is 5. The molecule has 0 heterocycles. The Morgan fingerprint density at radius 3 is 2.34 bits per heavy atom. The molecule has 1 amide bonds. The van der Waals surface area contributed by atoms with Gasteiger partial charge in [-0.1, -0.05) is 60.7 Å². The standard InChI is InChI=1S/C24H26N2O5S/c1-2-26(17-19-8-4-3-5-9-19)23(27)18-31-24(28)14-15-25-32(29,30)22-13-12-20-10-6-7-11-21(20)16-22/h3-13,16,25H,2,14-15,17-18H2,1H3. The van der Waals surface area contributed by atoms with Gasteiger partial charge in [-0.15, -0.1) is 0 Å². The van der Waals surface area contributed by atoms with Gasteiger partial charge < -0.3 is 9.64 Å². The third-order valence-electron chi connectivity index (χ3n) is 4.96. The smallest absolute Gasteiger partial charge is 0.307 e. The van der Waals surface area contributed by atoms with E-state index >= 15 is 0 Å². The summed E-state index contributed by atoms with van der Waals surface area (Å²) in [4.78, 5) is 26.0. The maximum atomic E-state index is 12.5. The minimum atomic E-state index is -3.76. The number of nitrogens with one attached hydrogen (secondary N) is 1. The molecule has 0 saturated carbocycles. The van der Waals surface area contributed by atoms with Crippen LogP contribution >= 0.6 is 0 Å². The van der Waals surface area contributed by atoms with Crippen LogP contribution < -0.4 is 4.72 Å². The Kier molecular flexibility index (Phi) is 7.97. The largest absolute Gasteiger partial charge is 0.456 e. The van der Waals surface area contributed by atoms with Gasteiger partial charge in [-0.25, -0.2) is 13.1 Å². The van der Waals surface area contributed by atoms with Gasteiger partial charge in [-0.3, -0.25) is 9.59 Å². The van der Waals surface area contributed by atoms with Gasteiger partial charge in [0.25, 0.3) is 5.91 Å². The first kappa shape index (κ1) is 23.4. The van der Waals surface area contributed by atoms with Crippen LogP contribution in [0.1, 0.15) is 18.9 Å². The molecule has 1 N–H and O–H groups in total. The number of carbonyl (C=O) groups excluding carboxylic acids is 2. The number of sulfonamides is 1. The number of benzene rings is 3. The van der Waals surface area contributed by atoms with Crippen molar-refractivity contribution in [3.05, 3.63) is 78.4 Å². The number of ether oxygens (including phenoxy) is 1. The summed E-state index contributed by atoms with van der Waals surface area (Å²) < 4.78 is 32.4. The molecule has 0 radical (unpaired) electrons. The third kappa shape index (κ3) is 6.38. The zero-order valence-electron chi connectivity index (χ0n) is 17.9. The predicted octanol–water partition coefficient (Wildman–Crippen LogP) is 3.10. The van der Waals surface area contributed by atoms with E-state index in [2.05, 4.69) is 4.72 Å². The zero-order chi connectivity index (χ0) is 23.0. The van der Waals surface area contributed by atoms with Gasteiger partial charge in [-0.2, -0.15) is 0 Å². The molecule has 0 aliphatic rings. The molecular formula is C24H26N2O5S. The Labute approximate surface area is 188 Å². The van der Waals surface area contributed by atoms with Crippen molar-refractivity contribution in [1.29, 1.82) is 0 Å². The number of nitrogens with zero attached hydrogens (tertiary/aromatic N) is 1. The normalized spacial score (nSPS) is 11.3. The molecule has 0 fully saturated rings. The fourth-order valence-electron chi connectivity index (χ4n) is 3.19. The summed E-state index contributed by atoms with van der Waals surface area (Å²) in [6.45, 7) is 2.26. The number of carbonyl (C=O) groups is 2. The van der Waals surface area contributed by atoms with Crippen LogP contribution in [0.4, 0.5) is 0 Å². The highest BCUT2D eigenvalue weighted by Gasteiger charge is 2.17. The minimum absolute atomic E-state index is 0.121. The number of amides is 1. The highest BCUT2D eigenvalue weighted by Crippen LogP contribution is 2.18. The first-order valence-electron chi connectivity index (χ1n) is 10.3. The van der Waals surface area contributed by atoms with Crippen LogP contribution in [-0.4, -0.2) is 44.9 Å². The van der Waals surface area contributed by atoms with E-state index in [1.807, 2.05) is 61.5 Å². The summed E-state index contributed by atoms with van der Waals surface area (Å²) in [5, 5.41) is 1.75. The van der Waals surface area contributed by atoms with Crippen LogP contribution in [0, 0.1) is 0 Å². The first-order valence-corrected chi connectivity index (χ1v) is 11.8. The molecule has 3 aromatic rings. The molecule has 0 bridgehead atoms. The Morgan fingerprint density at radius 2 is 1.62 bits per heavy atom. The summed E-state index contributed by atoms with van der Waals surface area (Å²) in [5.41, 5.74) is 0.983. The van der Waals surface area contributed by atoms with Gasteiger partial charge in [0.2, 0.25) is 10.0 Å². The second-order valence-corrected chi connectivity index (χ2v) is 8.98. The number of rotatable bonds is 10. The van der Waals surface area contributed by atoms with E-state index in [-0.39, 0.29) is 30.4 Å². The summed E-state index contributed by atoms with van der Waals surface area (Å²) in [6.07, 6.45) is -0.176. The number of hydrogen-bond donors (Lipinski definition) is 1. The quantitative estimate of drug-likeness (QED) is 0.475. The Morgan fingerprint density at radius 1 is 0.938 bits per heavy atom. The third-order valence-corrected chi connectivity index (χ3v) is 6.42. The van der Waals surface area contributed by atoms with Crippen LogP contribution in [0.15, 0.2) is 77.7 Å². The Hall–Kier alpha value is -3.23. The predicted molar refractivity (Wildman–Crippen MR) is 122 cm³/mol. The van der Waals surface area contributed by atoms with E-state index in [0.29, 0.717) is 13.1 Å². The van der Waals surface area contributed by atoms with E-state index in [9.17, 15) is 18.0 Å². The fraction of sp³-hybridized carbons (Fsp3) is 0.250. The van der Waals surface area contributed by atoms with Crippen molar-refractivity contribution in [2.45, 2.75) is 24.8 Å². The lowest BCUT2D eigenvalue weighted by molar-refractivity contribution is -0.152. The van der Waals surface area contributed by atoms with Crippen LogP contribution in [-0.2, 0) is 30.9 Å². The van der Waals surface area contributed by atoms with Crippen molar-refractivity contribution in [3.63, 3.8) is 0 Å². The van der Waals surface area contributed by atoms with Gasteiger partial charge in [0.1, 0.15) is 0 Å². The number of esters is 1. The van der Waals surface area contributed by atoms with E-state index in [1.165, 1.54) is 6.07 Å². The van der Waals surface area contributed by atoms with Crippen molar-refractivity contribution in [3.8, 4) is 0 Å². The van der Waals surface area contributed by atoms with Crippen molar-refractivity contribution >= 4 is 32.7 Å². The summed E-state index contributed by atoms with van der Waals surface area (Å²) in [6, 6.07) is 21.8. The van der Waals surface area contributed by atoms with Crippen molar-refractivity contribution in [2.24, 2.45) is 0 Å². The first-order chi connectivity index (χ1) is 15.4. The van der Waals surface area contributed by atoms with Gasteiger partial charge >= 0.3 is 5.97 Å². The molecule has 7 nitrogen and oxygen atoms in total. The maximum Gasteiger partial charge on any atom is 0.307 e. The molecule has 168 valence electrons. The van der Waals surface area contributed by atoms with Gasteiger partial charge in [0.05, 0.1) is 11.3 Å². The van der Waals surface area contributed by atoms with Gasteiger partial charge in [-0.05, 0) is 35.4 Å². The van der Waals surface area contributed by atoms with Crippen LogP contribution in [0.2, 0.25) is 0 Å². The molecule has 3 rings (SSSR count). The lowest BCUT2D eigenvalue weighted by Gasteiger charge is -2.20. The molecule has 0 aliphatic carbocycles. The molecular weight excluding hydrogens is 428 g/mol. The fourth-order valence-corrected chi connectivity index (χ4v) is 4.26. The van der Waals surface area contributed by atoms with Crippen molar-refractivity contribution in [1.82, 2.24) is 9.62 Å². The second kappa shape index (κ2) is 10.9. The summed E-state index contributed by atoms with van der Waals surface area (Å²) in [7, 11) is -3.76. The monoisotopic (exact) mass is 454 g/mol. The minimum Gasteiger partial charge on any atom is -0.456 e. The van der Waals surface area contributed by atoms with Crippen LogP contribution in [0.25, 0.3) is 10.8 Å². The van der Waals surface area contributed by atoms with E-state index in [0.717, 1.165) is 16.3 Å². The van der Waals surface area contributed by atoms with E-state index in [1.54, 1.807) is 17.0 Å². The molecule has 0 aliphatic heterocycles. The number of likely N-dealkylation sites (N-methyl/N-ethyl adjacent to an activating group) is 1. The molecule has 0 aromatic heterocycles. The second-order valence-electron chi connectivity index (χ2n) is 7.21. The molecule has 0 spiro atoms. The highest BCUT2D eigenvalue weighted by atomic mass is 32.2. The molecule has 0 unspecified atom stereocenters. The van der Waals surface area contributed by atoms with Gasteiger partial charge in [0, 0.05) is 19.6 Å². The lowest BCUT2D eigenvalue weighted by Crippen LogP contribution is -2.34. The van der Waals surface area contributed by atoms with Crippen molar-refractivity contribution < 1.29 is 22.7 Å². The summed E-state index contributed by atoms with van der Waals surface area (Å²) >= 11 is 0. The molecule has 0 atom stereocenters. The highest BCUT2D eigenvalue weighted by molar-refractivity contribution is 7.89. The van der Waals surface area contributed by atoms with Crippen LogP contribution in [0.3, 0.4) is 0 Å². The van der Waals surface area contributed by atoms with E-state index in [4.69, 9.17) is 4.74 Å². The van der Waals surface area contributed by atoms with Gasteiger partial charge in [0.15, 0.2) is 6.61 Å². The number of fused-ring (bicyclic) bond motifs is 1. The Balaban J connectivity index is 1.46. The van der Waals surface area contributed by atoms with Crippen LogP contribution in [0.5, 0.6) is 0 Å². The molecule has 3 aromatic carbocycles. The molecule has 0 saturated heterocycles. The zero-order valence-corrected chi connectivity index (χ0v) is 18.7. The topological polar surface area (TPSA) is 92.8 Å². The average Bonchev–Trinajstić information content (AvgIpc) is 2.81. The SMILES string of the molecule is CCN(Cc1ccccc1)C(=O)COC(=O)CCNS(=O)(=O)c1ccc2ccccc2c1. The van der Waals surface area contributed by atoms with E-state index < -0.39 is 16.0 Å². The van der Waals surface area contributed by atoms with Crippen molar-refractivity contribution in [2.75, 3.05) is 19.7 Å². The molecule has 32 heavy (non-hydrogen) atoms. The molecule has 8 heteroatoms. The lowest BCUT2D eigenvalue weighted by atomic mass is 10.1.